The molecule has 1 fully saturated rings. The van der Waals surface area contributed by atoms with Gasteiger partial charge in [-0.25, -0.2) is 4.79 Å². The zero-order chi connectivity index (χ0) is 15.4. The Hall–Kier alpha value is -2.24. The van der Waals surface area contributed by atoms with Crippen LogP contribution in [0, 0.1) is 5.92 Å². The highest BCUT2D eigenvalue weighted by molar-refractivity contribution is 5.92. The number of nitrogens with two attached hydrogens (primary N) is 2. The van der Waals surface area contributed by atoms with E-state index in [1.54, 1.807) is 19.1 Å². The Labute approximate surface area is 124 Å². The summed E-state index contributed by atoms with van der Waals surface area (Å²) < 4.78 is 4.95. The lowest BCUT2D eigenvalue weighted by molar-refractivity contribution is -0.122. The molecule has 0 bridgehead atoms. The van der Waals surface area contributed by atoms with Crippen LogP contribution in [0.15, 0.2) is 18.2 Å². The van der Waals surface area contributed by atoms with Crippen LogP contribution in [0.4, 0.5) is 11.4 Å². The molecule has 4 N–H and O–H groups in total. The Kier molecular flexibility index (Phi) is 4.67. The molecule has 0 spiro atoms. The van der Waals surface area contributed by atoms with E-state index in [0.29, 0.717) is 17.9 Å². The summed E-state index contributed by atoms with van der Waals surface area (Å²) in [5, 5.41) is 0. The van der Waals surface area contributed by atoms with Crippen molar-refractivity contribution in [2.24, 2.45) is 11.7 Å². The fourth-order valence-corrected chi connectivity index (χ4v) is 2.59. The van der Waals surface area contributed by atoms with Crippen molar-refractivity contribution in [1.82, 2.24) is 0 Å². The molecule has 1 saturated heterocycles. The number of esters is 1. The molecule has 0 aromatic heterocycles. The van der Waals surface area contributed by atoms with Gasteiger partial charge >= 0.3 is 5.97 Å². The van der Waals surface area contributed by atoms with E-state index in [-0.39, 0.29) is 17.8 Å². The smallest absolute Gasteiger partial charge is 0.338 e. The first-order valence-corrected chi connectivity index (χ1v) is 7.13. The van der Waals surface area contributed by atoms with Gasteiger partial charge in [-0.05, 0) is 38.0 Å². The highest BCUT2D eigenvalue weighted by Crippen LogP contribution is 2.29. The molecule has 6 heteroatoms. The molecule has 21 heavy (non-hydrogen) atoms. The van der Waals surface area contributed by atoms with Crippen LogP contribution < -0.4 is 16.4 Å². The monoisotopic (exact) mass is 291 g/mol. The van der Waals surface area contributed by atoms with E-state index in [1.807, 2.05) is 6.07 Å². The maximum atomic E-state index is 11.7. The molecule has 1 heterocycles. The number of ether oxygens (including phenoxy) is 1. The lowest BCUT2D eigenvalue weighted by Gasteiger charge is -2.33. The molecule has 114 valence electrons. The number of hydrogen-bond donors (Lipinski definition) is 2. The molecule has 1 aliphatic heterocycles. The number of piperidine rings is 1. The van der Waals surface area contributed by atoms with Crippen molar-refractivity contribution in [1.29, 1.82) is 0 Å². The minimum Gasteiger partial charge on any atom is -0.462 e. The summed E-state index contributed by atoms with van der Waals surface area (Å²) in [6.07, 6.45) is 1.46. The topological polar surface area (TPSA) is 98.6 Å². The van der Waals surface area contributed by atoms with Crippen molar-refractivity contribution in [3.63, 3.8) is 0 Å². The maximum absolute atomic E-state index is 11.7. The molecule has 0 aliphatic carbocycles. The van der Waals surface area contributed by atoms with E-state index in [1.165, 1.54) is 0 Å². The zero-order valence-electron chi connectivity index (χ0n) is 12.2. The van der Waals surface area contributed by atoms with Gasteiger partial charge in [0.25, 0.3) is 0 Å². The van der Waals surface area contributed by atoms with Gasteiger partial charge in [0.05, 0.1) is 23.5 Å². The van der Waals surface area contributed by atoms with Gasteiger partial charge in [-0.15, -0.1) is 0 Å². The molecule has 1 aliphatic rings. The average Bonchev–Trinajstić information content (AvgIpc) is 2.47. The molecular weight excluding hydrogens is 270 g/mol. The Balaban J connectivity index is 2.08. The zero-order valence-corrected chi connectivity index (χ0v) is 12.2. The van der Waals surface area contributed by atoms with Gasteiger partial charge in [0.15, 0.2) is 0 Å². The fourth-order valence-electron chi connectivity index (χ4n) is 2.59. The van der Waals surface area contributed by atoms with Crippen molar-refractivity contribution in [2.75, 3.05) is 30.3 Å². The van der Waals surface area contributed by atoms with Gasteiger partial charge in [-0.2, -0.15) is 0 Å². The predicted molar refractivity (Wildman–Crippen MR) is 80.9 cm³/mol. The molecule has 1 aromatic carbocycles. The molecular formula is C15H21N3O3. The number of amides is 1. The van der Waals surface area contributed by atoms with Crippen molar-refractivity contribution in [2.45, 2.75) is 19.8 Å². The van der Waals surface area contributed by atoms with Gasteiger partial charge in [-0.1, -0.05) is 0 Å². The number of hydrogen-bond acceptors (Lipinski definition) is 5. The molecule has 0 unspecified atom stereocenters. The first-order chi connectivity index (χ1) is 10.0. The second kappa shape index (κ2) is 6.47. The summed E-state index contributed by atoms with van der Waals surface area (Å²) in [6.45, 7) is 3.56. The number of nitrogen functional groups attached to an aromatic ring is 1. The number of carbonyl (C=O) groups is 2. The van der Waals surface area contributed by atoms with E-state index < -0.39 is 0 Å². The van der Waals surface area contributed by atoms with Crippen LogP contribution in [-0.2, 0) is 9.53 Å². The van der Waals surface area contributed by atoms with E-state index in [4.69, 9.17) is 16.2 Å². The number of anilines is 2. The predicted octanol–water partition coefficient (Wildman–Crippen LogP) is 1.15. The molecule has 2 rings (SSSR count). The number of rotatable bonds is 4. The molecule has 0 saturated carbocycles. The first kappa shape index (κ1) is 15.2. The fraction of sp³-hybridized carbons (Fsp3) is 0.467. The minimum atomic E-state index is -0.372. The van der Waals surface area contributed by atoms with E-state index in [0.717, 1.165) is 31.6 Å². The van der Waals surface area contributed by atoms with E-state index in [2.05, 4.69) is 4.90 Å². The van der Waals surface area contributed by atoms with Gasteiger partial charge in [0.1, 0.15) is 0 Å². The Bertz CT molecular complexity index is 537. The largest absolute Gasteiger partial charge is 0.462 e. The third-order valence-corrected chi connectivity index (χ3v) is 3.78. The number of nitrogens with zero attached hydrogens (tertiary/aromatic N) is 1. The molecule has 0 radical (unpaired) electrons. The van der Waals surface area contributed by atoms with Crippen LogP contribution in [0.5, 0.6) is 0 Å². The maximum Gasteiger partial charge on any atom is 0.338 e. The second-order valence-corrected chi connectivity index (χ2v) is 5.16. The lowest BCUT2D eigenvalue weighted by atomic mass is 9.95. The van der Waals surface area contributed by atoms with Crippen LogP contribution in [0.3, 0.4) is 0 Å². The van der Waals surface area contributed by atoms with Gasteiger partial charge in [0.2, 0.25) is 5.91 Å². The summed E-state index contributed by atoms with van der Waals surface area (Å²) in [7, 11) is 0. The molecule has 6 nitrogen and oxygen atoms in total. The minimum absolute atomic E-state index is 0.0544. The number of carbonyl (C=O) groups excluding carboxylic acids is 2. The van der Waals surface area contributed by atoms with Crippen LogP contribution in [0.1, 0.15) is 30.1 Å². The lowest BCUT2D eigenvalue weighted by Crippen LogP contribution is -2.38. The molecule has 1 aromatic rings. The Morgan fingerprint density at radius 3 is 2.52 bits per heavy atom. The Morgan fingerprint density at radius 2 is 2.00 bits per heavy atom. The second-order valence-electron chi connectivity index (χ2n) is 5.16. The summed E-state index contributed by atoms with van der Waals surface area (Å²) in [5.74, 6) is -0.662. The Morgan fingerprint density at radius 1 is 1.33 bits per heavy atom. The van der Waals surface area contributed by atoms with Gasteiger partial charge in [-0.3, -0.25) is 4.79 Å². The normalized spacial score (nSPS) is 15.8. The number of benzene rings is 1. The quantitative estimate of drug-likeness (QED) is 0.640. The van der Waals surface area contributed by atoms with Crippen molar-refractivity contribution < 1.29 is 14.3 Å². The summed E-state index contributed by atoms with van der Waals surface area (Å²) >= 11 is 0. The van der Waals surface area contributed by atoms with Crippen LogP contribution in [-0.4, -0.2) is 31.6 Å². The van der Waals surface area contributed by atoms with Gasteiger partial charge in [0, 0.05) is 19.0 Å². The number of primary amides is 1. The third-order valence-electron chi connectivity index (χ3n) is 3.78. The summed E-state index contributed by atoms with van der Waals surface area (Å²) in [5.41, 5.74) is 13.2. The van der Waals surface area contributed by atoms with Crippen LogP contribution in [0.2, 0.25) is 0 Å². The standard InChI is InChI=1S/C15H21N3O3/c1-2-21-15(20)11-3-4-13(12(16)9-11)18-7-5-10(6-8-18)14(17)19/h3-4,9-10H,2,5-8,16H2,1H3,(H2,17,19). The SMILES string of the molecule is CCOC(=O)c1ccc(N2CCC(C(N)=O)CC2)c(N)c1. The van der Waals surface area contributed by atoms with E-state index >= 15 is 0 Å². The van der Waals surface area contributed by atoms with Crippen LogP contribution >= 0.6 is 0 Å². The third kappa shape index (κ3) is 3.45. The molecule has 0 atom stereocenters. The van der Waals surface area contributed by atoms with Crippen molar-refractivity contribution in [3.05, 3.63) is 23.8 Å². The highest BCUT2D eigenvalue weighted by atomic mass is 16.5. The van der Waals surface area contributed by atoms with Crippen LogP contribution in [0.25, 0.3) is 0 Å². The summed E-state index contributed by atoms with van der Waals surface area (Å²) in [4.78, 5) is 24.9. The first-order valence-electron chi connectivity index (χ1n) is 7.13. The van der Waals surface area contributed by atoms with Crippen molar-refractivity contribution >= 4 is 23.3 Å². The summed E-state index contributed by atoms with van der Waals surface area (Å²) in [6, 6.07) is 5.17. The van der Waals surface area contributed by atoms with E-state index in [9.17, 15) is 9.59 Å². The highest BCUT2D eigenvalue weighted by Gasteiger charge is 2.24. The van der Waals surface area contributed by atoms with Crippen molar-refractivity contribution in [3.8, 4) is 0 Å². The molecule has 1 amide bonds. The average molecular weight is 291 g/mol. The van der Waals surface area contributed by atoms with Gasteiger partial charge < -0.3 is 21.1 Å².